The van der Waals surface area contributed by atoms with E-state index in [0.29, 0.717) is 5.92 Å². The van der Waals surface area contributed by atoms with Gasteiger partial charge in [0, 0.05) is 5.02 Å². The van der Waals surface area contributed by atoms with E-state index >= 15 is 0 Å². The van der Waals surface area contributed by atoms with Crippen LogP contribution in [-0.4, -0.2) is 11.1 Å². The zero-order valence-electron chi connectivity index (χ0n) is 11.5. The van der Waals surface area contributed by atoms with E-state index in [-0.39, 0.29) is 11.8 Å². The number of aliphatic carboxylic acids is 1. The first-order valence-electron chi connectivity index (χ1n) is 7.01. The van der Waals surface area contributed by atoms with Gasteiger partial charge in [0.15, 0.2) is 0 Å². The lowest BCUT2D eigenvalue weighted by Gasteiger charge is -2.34. The van der Waals surface area contributed by atoms with Crippen molar-refractivity contribution < 1.29 is 9.90 Å². The highest BCUT2D eigenvalue weighted by Crippen LogP contribution is 2.42. The average Bonchev–Trinajstić information content (AvgIpc) is 2.41. The molecule has 0 bridgehead atoms. The smallest absolute Gasteiger partial charge is 0.307 e. The van der Waals surface area contributed by atoms with Crippen LogP contribution >= 0.6 is 11.6 Å². The Morgan fingerprint density at radius 2 is 2.16 bits per heavy atom. The van der Waals surface area contributed by atoms with Gasteiger partial charge in [-0.1, -0.05) is 37.1 Å². The lowest BCUT2D eigenvalue weighted by molar-refractivity contribution is -0.143. The Balaban J connectivity index is 2.30. The van der Waals surface area contributed by atoms with Crippen molar-refractivity contribution in [1.29, 1.82) is 0 Å². The lowest BCUT2D eigenvalue weighted by Crippen LogP contribution is -2.29. The summed E-state index contributed by atoms with van der Waals surface area (Å²) in [7, 11) is 0. The summed E-state index contributed by atoms with van der Waals surface area (Å²) in [5.74, 6) is -0.187. The molecule has 3 atom stereocenters. The Kier molecular flexibility index (Phi) is 4.51. The molecular formula is C16H21ClO2. The maximum Gasteiger partial charge on any atom is 0.307 e. The van der Waals surface area contributed by atoms with E-state index in [1.165, 1.54) is 0 Å². The Morgan fingerprint density at radius 3 is 2.74 bits per heavy atom. The van der Waals surface area contributed by atoms with E-state index in [9.17, 15) is 9.90 Å². The fraction of sp³-hybridized carbons (Fsp3) is 0.562. The first kappa shape index (κ1) is 14.4. The standard InChI is InChI=1S/C16H21ClO2/c1-3-11-5-7-13(16(18)19)14(8-11)12-6-4-10(2)15(17)9-12/h4,6,9,11,13-14H,3,5,7-8H2,1-2H3,(H,18,19). The topological polar surface area (TPSA) is 37.3 Å². The van der Waals surface area contributed by atoms with Crippen LogP contribution < -0.4 is 0 Å². The molecule has 1 aliphatic rings. The van der Waals surface area contributed by atoms with Gasteiger partial charge in [0.2, 0.25) is 0 Å². The molecule has 0 radical (unpaired) electrons. The minimum Gasteiger partial charge on any atom is -0.481 e. The molecule has 1 N–H and O–H groups in total. The minimum absolute atomic E-state index is 0.106. The molecule has 0 saturated heterocycles. The minimum atomic E-state index is -0.670. The van der Waals surface area contributed by atoms with Gasteiger partial charge in [-0.2, -0.15) is 0 Å². The highest BCUT2D eigenvalue weighted by molar-refractivity contribution is 6.31. The predicted octanol–water partition coefficient (Wildman–Crippen LogP) is 4.64. The van der Waals surface area contributed by atoms with Crippen molar-refractivity contribution in [3.05, 3.63) is 34.3 Å². The van der Waals surface area contributed by atoms with Gasteiger partial charge in [0.25, 0.3) is 0 Å². The highest BCUT2D eigenvalue weighted by Gasteiger charge is 2.35. The van der Waals surface area contributed by atoms with Crippen LogP contribution in [0.3, 0.4) is 0 Å². The molecule has 1 aliphatic carbocycles. The normalized spacial score (nSPS) is 27.2. The molecule has 3 heteroatoms. The summed E-state index contributed by atoms with van der Waals surface area (Å²) in [4.78, 5) is 11.5. The van der Waals surface area contributed by atoms with Crippen molar-refractivity contribution in [2.45, 2.75) is 45.4 Å². The molecule has 19 heavy (non-hydrogen) atoms. The van der Waals surface area contributed by atoms with Crippen LogP contribution in [0.15, 0.2) is 18.2 Å². The van der Waals surface area contributed by atoms with Gasteiger partial charge < -0.3 is 5.11 Å². The molecule has 0 aliphatic heterocycles. The first-order valence-corrected chi connectivity index (χ1v) is 7.39. The Hall–Kier alpha value is -1.02. The summed E-state index contributed by atoms with van der Waals surface area (Å²) in [6.45, 7) is 4.15. The van der Waals surface area contributed by atoms with E-state index in [1.54, 1.807) is 0 Å². The van der Waals surface area contributed by atoms with Gasteiger partial charge in [0.1, 0.15) is 0 Å². The van der Waals surface area contributed by atoms with Crippen LogP contribution in [0.5, 0.6) is 0 Å². The van der Waals surface area contributed by atoms with Crippen LogP contribution in [0.25, 0.3) is 0 Å². The largest absolute Gasteiger partial charge is 0.481 e. The fourth-order valence-electron chi connectivity index (χ4n) is 3.13. The Morgan fingerprint density at radius 1 is 1.42 bits per heavy atom. The van der Waals surface area contributed by atoms with Crippen molar-refractivity contribution >= 4 is 17.6 Å². The SMILES string of the molecule is CCC1CCC(C(=O)O)C(c2ccc(C)c(Cl)c2)C1. The number of aryl methyl sites for hydroxylation is 1. The van der Waals surface area contributed by atoms with Gasteiger partial charge in [-0.3, -0.25) is 4.79 Å². The first-order chi connectivity index (χ1) is 9.02. The molecule has 104 valence electrons. The number of benzene rings is 1. The van der Waals surface area contributed by atoms with Crippen LogP contribution in [0, 0.1) is 18.8 Å². The summed E-state index contributed by atoms with van der Waals surface area (Å²) in [5.41, 5.74) is 2.13. The molecule has 2 nitrogen and oxygen atoms in total. The summed E-state index contributed by atoms with van der Waals surface area (Å²) >= 11 is 6.18. The lowest BCUT2D eigenvalue weighted by atomic mass is 9.70. The molecular weight excluding hydrogens is 260 g/mol. The van der Waals surface area contributed by atoms with Gasteiger partial charge in [0.05, 0.1) is 5.92 Å². The third-order valence-corrected chi connectivity index (χ3v) is 4.88. The molecule has 1 aromatic carbocycles. The van der Waals surface area contributed by atoms with E-state index in [1.807, 2.05) is 25.1 Å². The number of halogens is 1. The number of hydrogen-bond acceptors (Lipinski definition) is 1. The van der Waals surface area contributed by atoms with E-state index < -0.39 is 5.97 Å². The molecule has 2 rings (SSSR count). The Labute approximate surface area is 119 Å². The van der Waals surface area contributed by atoms with Crippen LogP contribution in [0.4, 0.5) is 0 Å². The van der Waals surface area contributed by atoms with Gasteiger partial charge in [-0.15, -0.1) is 0 Å². The quantitative estimate of drug-likeness (QED) is 0.875. The summed E-state index contributed by atoms with van der Waals surface area (Å²) in [6, 6.07) is 5.99. The third-order valence-electron chi connectivity index (χ3n) is 4.48. The predicted molar refractivity (Wildman–Crippen MR) is 77.7 cm³/mol. The van der Waals surface area contributed by atoms with Crippen LogP contribution in [-0.2, 0) is 4.79 Å². The zero-order valence-corrected chi connectivity index (χ0v) is 12.3. The van der Waals surface area contributed by atoms with Crippen LogP contribution in [0.2, 0.25) is 5.02 Å². The maximum atomic E-state index is 11.5. The molecule has 0 amide bonds. The second-order valence-corrected chi connectivity index (χ2v) is 6.05. The van der Waals surface area contributed by atoms with E-state index in [0.717, 1.165) is 41.8 Å². The van der Waals surface area contributed by atoms with Gasteiger partial charge in [-0.25, -0.2) is 0 Å². The van der Waals surface area contributed by atoms with E-state index in [2.05, 4.69) is 6.92 Å². The van der Waals surface area contributed by atoms with Crippen molar-refractivity contribution in [3.8, 4) is 0 Å². The fourth-order valence-corrected chi connectivity index (χ4v) is 3.32. The zero-order chi connectivity index (χ0) is 14.0. The van der Waals surface area contributed by atoms with Crippen molar-refractivity contribution in [3.63, 3.8) is 0 Å². The molecule has 0 spiro atoms. The number of rotatable bonds is 3. The highest BCUT2D eigenvalue weighted by atomic mass is 35.5. The number of hydrogen-bond donors (Lipinski definition) is 1. The third kappa shape index (κ3) is 3.11. The average molecular weight is 281 g/mol. The van der Waals surface area contributed by atoms with Gasteiger partial charge in [-0.05, 0) is 55.2 Å². The molecule has 1 fully saturated rings. The summed E-state index contributed by atoms with van der Waals surface area (Å²) < 4.78 is 0. The second kappa shape index (κ2) is 5.96. The molecule has 0 aromatic heterocycles. The number of carboxylic acid groups (broad SMARTS) is 1. The van der Waals surface area contributed by atoms with Crippen molar-refractivity contribution in [1.82, 2.24) is 0 Å². The van der Waals surface area contributed by atoms with Gasteiger partial charge >= 0.3 is 5.97 Å². The second-order valence-electron chi connectivity index (χ2n) is 5.65. The molecule has 0 heterocycles. The molecule has 1 aromatic rings. The van der Waals surface area contributed by atoms with Crippen LogP contribution in [0.1, 0.15) is 49.7 Å². The maximum absolute atomic E-state index is 11.5. The Bertz CT molecular complexity index is 470. The monoisotopic (exact) mass is 280 g/mol. The number of carbonyl (C=O) groups is 1. The summed E-state index contributed by atoms with van der Waals surface area (Å²) in [5, 5.41) is 10.2. The summed E-state index contributed by atoms with van der Waals surface area (Å²) in [6.07, 6.45) is 3.91. The number of carboxylic acids is 1. The van der Waals surface area contributed by atoms with Crippen molar-refractivity contribution in [2.75, 3.05) is 0 Å². The van der Waals surface area contributed by atoms with E-state index in [4.69, 9.17) is 11.6 Å². The molecule has 3 unspecified atom stereocenters. The van der Waals surface area contributed by atoms with Crippen molar-refractivity contribution in [2.24, 2.45) is 11.8 Å². The molecule has 1 saturated carbocycles.